The van der Waals surface area contributed by atoms with Gasteiger partial charge in [0, 0.05) is 24.1 Å². The second-order valence-electron chi connectivity index (χ2n) is 5.28. The molecule has 0 bridgehead atoms. The zero-order valence-electron chi connectivity index (χ0n) is 12.4. The molecule has 1 aromatic rings. The minimum absolute atomic E-state index is 0.123. The molecule has 8 nitrogen and oxygen atoms in total. The van der Waals surface area contributed by atoms with E-state index in [1.54, 1.807) is 0 Å². The number of nitro groups is 2. The van der Waals surface area contributed by atoms with Gasteiger partial charge in [-0.3, -0.25) is 25.7 Å². The summed E-state index contributed by atoms with van der Waals surface area (Å²) in [6.07, 6.45) is 9.78. The van der Waals surface area contributed by atoms with E-state index < -0.39 is 9.85 Å². The van der Waals surface area contributed by atoms with E-state index in [2.05, 4.69) is 16.4 Å². The number of hydrazone groups is 1. The van der Waals surface area contributed by atoms with Crippen LogP contribution in [0.15, 0.2) is 23.3 Å². The van der Waals surface area contributed by atoms with Gasteiger partial charge in [0.1, 0.15) is 5.69 Å². The molecule has 0 aliphatic heterocycles. The highest BCUT2D eigenvalue weighted by Gasteiger charge is 2.22. The van der Waals surface area contributed by atoms with Crippen LogP contribution >= 0.6 is 0 Å². The Kier molecular flexibility index (Phi) is 5.25. The second kappa shape index (κ2) is 7.35. The number of anilines is 1. The Hall–Kier alpha value is -2.95. The van der Waals surface area contributed by atoms with Crippen LogP contribution in [0.3, 0.4) is 0 Å². The molecule has 1 atom stereocenters. The molecular weight excluding hydrogens is 300 g/mol. The lowest BCUT2D eigenvalue weighted by Gasteiger charge is -2.22. The maximum absolute atomic E-state index is 11.1. The first-order valence-electron chi connectivity index (χ1n) is 7.21. The summed E-state index contributed by atoms with van der Waals surface area (Å²) in [6, 6.07) is 3.41. The molecule has 0 spiro atoms. The lowest BCUT2D eigenvalue weighted by atomic mass is 9.85. The molecule has 0 aromatic heterocycles. The molecule has 23 heavy (non-hydrogen) atoms. The first-order chi connectivity index (χ1) is 11.0. The van der Waals surface area contributed by atoms with Gasteiger partial charge in [0.15, 0.2) is 0 Å². The lowest BCUT2D eigenvalue weighted by molar-refractivity contribution is -0.393. The van der Waals surface area contributed by atoms with E-state index in [1.807, 2.05) is 0 Å². The number of rotatable bonds is 5. The Balaban J connectivity index is 2.25. The minimum atomic E-state index is -0.674. The first kappa shape index (κ1) is 16.4. The van der Waals surface area contributed by atoms with Crippen molar-refractivity contribution in [2.24, 2.45) is 11.0 Å². The van der Waals surface area contributed by atoms with E-state index in [0.29, 0.717) is 6.42 Å². The van der Waals surface area contributed by atoms with Crippen molar-refractivity contribution in [3.8, 4) is 12.3 Å². The molecule has 1 aliphatic carbocycles. The first-order valence-corrected chi connectivity index (χ1v) is 7.21. The Morgan fingerprint density at radius 3 is 2.74 bits per heavy atom. The molecule has 1 fully saturated rings. The lowest BCUT2D eigenvalue weighted by Crippen LogP contribution is -2.20. The number of nitro benzene ring substituents is 2. The van der Waals surface area contributed by atoms with Crippen LogP contribution in [-0.2, 0) is 0 Å². The van der Waals surface area contributed by atoms with Gasteiger partial charge in [0.2, 0.25) is 0 Å². The van der Waals surface area contributed by atoms with Crippen molar-refractivity contribution in [3.05, 3.63) is 38.4 Å². The monoisotopic (exact) mass is 316 g/mol. The predicted octanol–water partition coefficient (Wildman–Crippen LogP) is 3.48. The molecule has 8 heteroatoms. The predicted molar refractivity (Wildman–Crippen MR) is 86.2 cm³/mol. The molecule has 0 radical (unpaired) electrons. The van der Waals surface area contributed by atoms with Crippen LogP contribution < -0.4 is 5.43 Å². The normalized spacial score (nSPS) is 19.1. The summed E-state index contributed by atoms with van der Waals surface area (Å²) in [5.74, 6) is 2.80. The van der Waals surface area contributed by atoms with Gasteiger partial charge < -0.3 is 0 Å². The van der Waals surface area contributed by atoms with Crippen molar-refractivity contribution in [1.82, 2.24) is 0 Å². The van der Waals surface area contributed by atoms with Gasteiger partial charge in [-0.05, 0) is 25.3 Å². The SMILES string of the molecule is C#CCC1CCCC/C1=N\Nc1ccc([N+](=O)[O-])cc1[N+](=O)[O-]. The third kappa shape index (κ3) is 4.03. The molecule has 0 heterocycles. The molecule has 1 N–H and O–H groups in total. The van der Waals surface area contributed by atoms with Crippen molar-refractivity contribution >= 4 is 22.8 Å². The van der Waals surface area contributed by atoms with Crippen LogP contribution in [0.1, 0.15) is 32.1 Å². The molecule has 0 amide bonds. The highest BCUT2D eigenvalue weighted by atomic mass is 16.6. The summed E-state index contributed by atoms with van der Waals surface area (Å²) in [6.45, 7) is 0. The second-order valence-corrected chi connectivity index (χ2v) is 5.28. The zero-order valence-corrected chi connectivity index (χ0v) is 12.4. The molecule has 1 aromatic carbocycles. The maximum atomic E-state index is 11.1. The number of terminal acetylenes is 1. The standard InChI is InChI=1S/C15H16N4O4/c1-2-5-11-6-3-4-7-13(11)16-17-14-9-8-12(18(20)21)10-15(14)19(22)23/h1,8-11,17H,3-7H2/b16-13+. The fraction of sp³-hybridized carbons (Fsp3) is 0.400. The Morgan fingerprint density at radius 2 is 2.09 bits per heavy atom. The molecule has 1 saturated carbocycles. The van der Waals surface area contributed by atoms with Crippen LogP contribution in [0.5, 0.6) is 0 Å². The average Bonchev–Trinajstić information content (AvgIpc) is 2.54. The van der Waals surface area contributed by atoms with Gasteiger partial charge in [0.25, 0.3) is 5.69 Å². The number of non-ortho nitro benzene ring substituents is 1. The molecule has 1 unspecified atom stereocenters. The van der Waals surface area contributed by atoms with Crippen LogP contribution in [-0.4, -0.2) is 15.6 Å². The number of nitrogens with one attached hydrogen (secondary N) is 1. The third-order valence-electron chi connectivity index (χ3n) is 3.78. The minimum Gasteiger partial charge on any atom is -0.272 e. The van der Waals surface area contributed by atoms with Crippen molar-refractivity contribution in [2.75, 3.05) is 5.43 Å². The number of hydrogen-bond donors (Lipinski definition) is 1. The number of nitrogens with zero attached hydrogens (tertiary/aromatic N) is 3. The Morgan fingerprint density at radius 1 is 1.30 bits per heavy atom. The fourth-order valence-corrected chi connectivity index (χ4v) is 2.59. The number of benzene rings is 1. The summed E-state index contributed by atoms with van der Waals surface area (Å²) in [5.41, 5.74) is 2.97. The Labute approximate surface area is 132 Å². The summed E-state index contributed by atoms with van der Waals surface area (Å²) in [4.78, 5) is 20.5. The molecule has 1 aliphatic rings. The summed E-state index contributed by atoms with van der Waals surface area (Å²) in [5, 5.41) is 26.1. The maximum Gasteiger partial charge on any atom is 0.301 e. The van der Waals surface area contributed by atoms with Crippen molar-refractivity contribution in [1.29, 1.82) is 0 Å². The summed E-state index contributed by atoms with van der Waals surface area (Å²) < 4.78 is 0. The van der Waals surface area contributed by atoms with E-state index in [9.17, 15) is 20.2 Å². The van der Waals surface area contributed by atoms with Crippen molar-refractivity contribution in [2.45, 2.75) is 32.1 Å². The van der Waals surface area contributed by atoms with Crippen molar-refractivity contribution < 1.29 is 9.85 Å². The molecular formula is C15H16N4O4. The Bertz CT molecular complexity index is 693. The summed E-state index contributed by atoms with van der Waals surface area (Å²) >= 11 is 0. The smallest absolute Gasteiger partial charge is 0.272 e. The summed E-state index contributed by atoms with van der Waals surface area (Å²) in [7, 11) is 0. The van der Waals surface area contributed by atoms with Crippen LogP contribution in [0.25, 0.3) is 0 Å². The topological polar surface area (TPSA) is 111 Å². The highest BCUT2D eigenvalue weighted by molar-refractivity contribution is 5.88. The van der Waals surface area contributed by atoms with E-state index in [-0.39, 0.29) is 23.0 Å². The van der Waals surface area contributed by atoms with Gasteiger partial charge in [-0.1, -0.05) is 6.42 Å². The van der Waals surface area contributed by atoms with E-state index in [1.165, 1.54) is 12.1 Å². The van der Waals surface area contributed by atoms with Crippen LogP contribution in [0, 0.1) is 38.5 Å². The van der Waals surface area contributed by atoms with Gasteiger partial charge in [-0.25, -0.2) is 0 Å². The van der Waals surface area contributed by atoms with E-state index in [0.717, 1.165) is 37.5 Å². The highest BCUT2D eigenvalue weighted by Crippen LogP contribution is 2.30. The molecule has 2 rings (SSSR count). The van der Waals surface area contributed by atoms with Crippen LogP contribution in [0.4, 0.5) is 17.1 Å². The fourth-order valence-electron chi connectivity index (χ4n) is 2.59. The van der Waals surface area contributed by atoms with Gasteiger partial charge in [0.05, 0.1) is 15.9 Å². The van der Waals surface area contributed by atoms with Crippen molar-refractivity contribution in [3.63, 3.8) is 0 Å². The van der Waals surface area contributed by atoms with Gasteiger partial charge in [-0.15, -0.1) is 12.3 Å². The van der Waals surface area contributed by atoms with Gasteiger partial charge in [-0.2, -0.15) is 5.10 Å². The molecule has 0 saturated heterocycles. The largest absolute Gasteiger partial charge is 0.301 e. The van der Waals surface area contributed by atoms with Gasteiger partial charge >= 0.3 is 5.69 Å². The third-order valence-corrected chi connectivity index (χ3v) is 3.78. The van der Waals surface area contributed by atoms with E-state index in [4.69, 9.17) is 6.42 Å². The molecule has 120 valence electrons. The quantitative estimate of drug-likeness (QED) is 0.508. The van der Waals surface area contributed by atoms with E-state index >= 15 is 0 Å². The zero-order chi connectivity index (χ0) is 16.8. The number of hydrogen-bond acceptors (Lipinski definition) is 6. The average molecular weight is 316 g/mol. The van der Waals surface area contributed by atoms with Crippen LogP contribution in [0.2, 0.25) is 0 Å².